The lowest BCUT2D eigenvalue weighted by Gasteiger charge is -2.16. The van der Waals surface area contributed by atoms with E-state index >= 15 is 0 Å². The molecular weight excluding hydrogens is 473 g/mol. The Bertz CT molecular complexity index is 1270. The fourth-order valence-corrected chi connectivity index (χ4v) is 3.69. The van der Waals surface area contributed by atoms with Gasteiger partial charge in [-0.25, -0.2) is 4.90 Å². The topological polar surface area (TPSA) is 78.5 Å². The molecule has 0 spiro atoms. The van der Waals surface area contributed by atoms with Crippen molar-refractivity contribution in [2.24, 2.45) is 0 Å². The first kappa shape index (κ1) is 21.9. The molecule has 0 aromatic heterocycles. The summed E-state index contributed by atoms with van der Waals surface area (Å²) in [5.41, 5.74) is 1.50. The van der Waals surface area contributed by atoms with Crippen LogP contribution >= 0.6 is 34.8 Å². The van der Waals surface area contributed by atoms with Crippen LogP contribution in [-0.2, 0) is 9.59 Å². The normalized spacial score (nSPS) is 13.5. The van der Waals surface area contributed by atoms with E-state index in [4.69, 9.17) is 34.8 Å². The largest absolute Gasteiger partial charge is 0.350 e. The standard InChI is InChI=1S/C23H14Cl3N3O3/c24-15-5-1-3-7-17(15)28-21(30)13-9-11-14(12-10-13)27-20-19(26)22(31)29(23(20)32)18-8-4-2-6-16(18)25/h1-12,27H,(H,28,30). The number of halogens is 3. The minimum Gasteiger partial charge on any atom is -0.350 e. The first-order valence-electron chi connectivity index (χ1n) is 9.33. The SMILES string of the molecule is O=C(Nc1ccccc1Cl)c1ccc(NC2=C(Cl)C(=O)N(c3ccccc3Cl)C2=O)cc1. The van der Waals surface area contributed by atoms with Gasteiger partial charge in [-0.15, -0.1) is 0 Å². The number of amides is 3. The number of anilines is 3. The average molecular weight is 487 g/mol. The summed E-state index contributed by atoms with van der Waals surface area (Å²) >= 11 is 18.3. The van der Waals surface area contributed by atoms with Crippen LogP contribution < -0.4 is 15.5 Å². The third-order valence-electron chi connectivity index (χ3n) is 4.66. The summed E-state index contributed by atoms with van der Waals surface area (Å²) in [5, 5.41) is 6.00. The summed E-state index contributed by atoms with van der Waals surface area (Å²) in [6.45, 7) is 0. The van der Waals surface area contributed by atoms with Crippen molar-refractivity contribution in [3.63, 3.8) is 0 Å². The molecule has 0 fully saturated rings. The summed E-state index contributed by atoms with van der Waals surface area (Å²) in [6, 6.07) is 19.7. The van der Waals surface area contributed by atoms with Crippen molar-refractivity contribution in [1.29, 1.82) is 0 Å². The van der Waals surface area contributed by atoms with Gasteiger partial charge in [0.25, 0.3) is 17.7 Å². The Hall–Kier alpha value is -3.32. The lowest BCUT2D eigenvalue weighted by atomic mass is 10.2. The Morgan fingerprint density at radius 1 is 0.750 bits per heavy atom. The molecule has 0 saturated carbocycles. The average Bonchev–Trinajstić information content (AvgIpc) is 2.99. The first-order chi connectivity index (χ1) is 15.4. The fraction of sp³-hybridized carbons (Fsp3) is 0. The fourth-order valence-electron chi connectivity index (χ4n) is 3.07. The molecule has 2 N–H and O–H groups in total. The van der Waals surface area contributed by atoms with Crippen LogP contribution in [0.3, 0.4) is 0 Å². The zero-order valence-electron chi connectivity index (χ0n) is 16.2. The van der Waals surface area contributed by atoms with Crippen molar-refractivity contribution in [2.45, 2.75) is 0 Å². The third-order valence-corrected chi connectivity index (χ3v) is 5.66. The molecule has 1 aliphatic heterocycles. The number of carbonyl (C=O) groups is 3. The molecule has 3 aromatic carbocycles. The molecule has 3 amide bonds. The van der Waals surface area contributed by atoms with Crippen molar-refractivity contribution in [1.82, 2.24) is 0 Å². The molecule has 0 unspecified atom stereocenters. The van der Waals surface area contributed by atoms with Crippen LogP contribution in [0.25, 0.3) is 0 Å². The number of imide groups is 1. The van der Waals surface area contributed by atoms with E-state index in [9.17, 15) is 14.4 Å². The summed E-state index contributed by atoms with van der Waals surface area (Å²) in [6.07, 6.45) is 0. The quantitative estimate of drug-likeness (QED) is 0.455. The van der Waals surface area contributed by atoms with Gasteiger partial charge in [0.1, 0.15) is 10.7 Å². The molecule has 6 nitrogen and oxygen atoms in total. The Labute approximate surface area is 198 Å². The van der Waals surface area contributed by atoms with E-state index in [0.29, 0.717) is 22.0 Å². The highest BCUT2D eigenvalue weighted by molar-refractivity contribution is 6.53. The van der Waals surface area contributed by atoms with Crippen LogP contribution in [-0.4, -0.2) is 17.7 Å². The van der Waals surface area contributed by atoms with E-state index < -0.39 is 11.8 Å². The molecule has 32 heavy (non-hydrogen) atoms. The predicted octanol–water partition coefficient (Wildman–Crippen LogP) is 5.68. The first-order valence-corrected chi connectivity index (χ1v) is 10.5. The van der Waals surface area contributed by atoms with Gasteiger partial charge in [0.05, 0.1) is 21.4 Å². The molecule has 0 saturated heterocycles. The van der Waals surface area contributed by atoms with E-state index in [2.05, 4.69) is 10.6 Å². The van der Waals surface area contributed by atoms with Crippen LogP contribution in [0.2, 0.25) is 10.0 Å². The minimum absolute atomic E-state index is 0.0788. The number of nitrogens with zero attached hydrogens (tertiary/aromatic N) is 1. The Kier molecular flexibility index (Phi) is 6.19. The number of hydrogen-bond acceptors (Lipinski definition) is 4. The highest BCUT2D eigenvalue weighted by Gasteiger charge is 2.39. The van der Waals surface area contributed by atoms with Crippen LogP contribution in [0.5, 0.6) is 0 Å². The smallest absolute Gasteiger partial charge is 0.283 e. The number of nitrogens with one attached hydrogen (secondary N) is 2. The lowest BCUT2D eigenvalue weighted by molar-refractivity contribution is -0.120. The van der Waals surface area contributed by atoms with Crippen molar-refractivity contribution >= 4 is 69.6 Å². The number of para-hydroxylation sites is 2. The molecule has 1 aliphatic rings. The summed E-state index contributed by atoms with van der Waals surface area (Å²) in [4.78, 5) is 38.8. The summed E-state index contributed by atoms with van der Waals surface area (Å²) in [5.74, 6) is -1.66. The van der Waals surface area contributed by atoms with Gasteiger partial charge in [-0.05, 0) is 48.5 Å². The molecule has 0 bridgehead atoms. The van der Waals surface area contributed by atoms with Crippen LogP contribution in [0.4, 0.5) is 17.1 Å². The van der Waals surface area contributed by atoms with Gasteiger partial charge in [-0.1, -0.05) is 59.1 Å². The Morgan fingerprint density at radius 2 is 1.38 bits per heavy atom. The summed E-state index contributed by atoms with van der Waals surface area (Å²) in [7, 11) is 0. The van der Waals surface area contributed by atoms with Crippen molar-refractivity contribution in [3.8, 4) is 0 Å². The Balaban J connectivity index is 1.50. The second-order valence-electron chi connectivity index (χ2n) is 6.72. The number of rotatable bonds is 5. The van der Waals surface area contributed by atoms with E-state index in [1.54, 1.807) is 72.8 Å². The van der Waals surface area contributed by atoms with Crippen LogP contribution in [0, 0.1) is 0 Å². The Morgan fingerprint density at radius 3 is 2.03 bits per heavy atom. The van der Waals surface area contributed by atoms with Gasteiger partial charge in [-0.2, -0.15) is 0 Å². The molecule has 4 rings (SSSR count). The molecule has 9 heteroatoms. The zero-order chi connectivity index (χ0) is 22.8. The molecule has 0 radical (unpaired) electrons. The third kappa shape index (κ3) is 4.21. The maximum absolute atomic E-state index is 12.9. The minimum atomic E-state index is -0.678. The van der Waals surface area contributed by atoms with E-state index in [0.717, 1.165) is 4.90 Å². The van der Waals surface area contributed by atoms with Crippen LogP contribution in [0.15, 0.2) is 83.5 Å². The molecule has 0 atom stereocenters. The van der Waals surface area contributed by atoms with Gasteiger partial charge in [0.15, 0.2) is 0 Å². The van der Waals surface area contributed by atoms with Crippen molar-refractivity contribution in [3.05, 3.63) is 99.1 Å². The molecule has 1 heterocycles. The molecule has 3 aromatic rings. The predicted molar refractivity (Wildman–Crippen MR) is 126 cm³/mol. The monoisotopic (exact) mass is 485 g/mol. The van der Waals surface area contributed by atoms with Gasteiger partial charge in [0.2, 0.25) is 0 Å². The van der Waals surface area contributed by atoms with Gasteiger partial charge >= 0.3 is 0 Å². The lowest BCUT2D eigenvalue weighted by Crippen LogP contribution is -2.32. The molecule has 160 valence electrons. The highest BCUT2D eigenvalue weighted by atomic mass is 35.5. The number of hydrogen-bond donors (Lipinski definition) is 2. The molecular formula is C23H14Cl3N3O3. The second-order valence-corrected chi connectivity index (χ2v) is 7.91. The zero-order valence-corrected chi connectivity index (χ0v) is 18.5. The van der Waals surface area contributed by atoms with Crippen molar-refractivity contribution in [2.75, 3.05) is 15.5 Å². The van der Waals surface area contributed by atoms with E-state index in [1.807, 2.05) is 0 Å². The maximum Gasteiger partial charge on any atom is 0.283 e. The van der Waals surface area contributed by atoms with Crippen LogP contribution in [0.1, 0.15) is 10.4 Å². The van der Waals surface area contributed by atoms with Gasteiger partial charge < -0.3 is 10.6 Å². The summed E-state index contributed by atoms with van der Waals surface area (Å²) < 4.78 is 0. The van der Waals surface area contributed by atoms with E-state index in [1.165, 1.54) is 0 Å². The number of carbonyl (C=O) groups excluding carboxylic acids is 3. The van der Waals surface area contributed by atoms with Crippen molar-refractivity contribution < 1.29 is 14.4 Å². The van der Waals surface area contributed by atoms with Gasteiger partial charge in [0, 0.05) is 11.3 Å². The molecule has 0 aliphatic carbocycles. The van der Waals surface area contributed by atoms with Gasteiger partial charge in [-0.3, -0.25) is 14.4 Å². The second kappa shape index (κ2) is 9.04. The maximum atomic E-state index is 12.9. The highest BCUT2D eigenvalue weighted by Crippen LogP contribution is 2.34. The number of benzene rings is 3. The van der Waals surface area contributed by atoms with E-state index in [-0.39, 0.29) is 27.3 Å².